The standard InChI is InChI=1S/C19H26N6O3S/c1-4-28-12-15-24-16-17(13(2)14(3)23-18(16)20)25(15)10-5-6-11-29(26,27)19-21-8-7-9-22-19/h7-9H,4-6,10-12H2,1-3H3,(H2,20,23). The van der Waals surface area contributed by atoms with Crippen molar-refractivity contribution in [3.05, 3.63) is 35.5 Å². The van der Waals surface area contributed by atoms with E-state index in [0.717, 1.165) is 22.6 Å². The molecule has 3 rings (SSSR count). The molecule has 0 unspecified atom stereocenters. The predicted molar refractivity (Wildman–Crippen MR) is 110 cm³/mol. The Bertz CT molecular complexity index is 1100. The maximum absolute atomic E-state index is 12.4. The number of anilines is 1. The van der Waals surface area contributed by atoms with Crippen LogP contribution in [0.15, 0.2) is 23.6 Å². The number of rotatable bonds is 9. The third kappa shape index (κ3) is 4.54. The first-order valence-corrected chi connectivity index (χ1v) is 11.2. The number of pyridine rings is 1. The van der Waals surface area contributed by atoms with E-state index >= 15 is 0 Å². The summed E-state index contributed by atoms with van der Waals surface area (Å²) in [6.07, 6.45) is 3.99. The maximum Gasteiger partial charge on any atom is 0.246 e. The number of imidazole rings is 1. The fourth-order valence-corrected chi connectivity index (χ4v) is 4.40. The van der Waals surface area contributed by atoms with Crippen molar-refractivity contribution in [2.75, 3.05) is 18.1 Å². The Balaban J connectivity index is 1.80. The van der Waals surface area contributed by atoms with Gasteiger partial charge in [0.15, 0.2) is 5.82 Å². The minimum Gasteiger partial charge on any atom is -0.382 e. The fourth-order valence-electron chi connectivity index (χ4n) is 3.19. The number of ether oxygens (including phenoxy) is 1. The van der Waals surface area contributed by atoms with Crippen LogP contribution < -0.4 is 5.73 Å². The Labute approximate surface area is 170 Å². The van der Waals surface area contributed by atoms with Crippen LogP contribution >= 0.6 is 0 Å². The second-order valence-electron chi connectivity index (χ2n) is 6.78. The number of aryl methyl sites for hydroxylation is 3. The first kappa shape index (κ1) is 21.1. The van der Waals surface area contributed by atoms with E-state index in [1.54, 1.807) is 6.07 Å². The SMILES string of the molecule is CCOCc1nc2c(N)nc(C)c(C)c2n1CCCCS(=O)(=O)c1ncccn1. The van der Waals surface area contributed by atoms with Crippen molar-refractivity contribution in [2.24, 2.45) is 0 Å². The molecule has 0 atom stereocenters. The van der Waals surface area contributed by atoms with Crippen LogP contribution in [0.5, 0.6) is 0 Å². The number of nitrogen functional groups attached to an aromatic ring is 1. The molecule has 3 heterocycles. The number of nitrogens with zero attached hydrogens (tertiary/aromatic N) is 5. The molecule has 0 aliphatic carbocycles. The van der Waals surface area contributed by atoms with E-state index in [4.69, 9.17) is 10.5 Å². The van der Waals surface area contributed by atoms with Gasteiger partial charge in [0.2, 0.25) is 15.0 Å². The Morgan fingerprint density at radius 1 is 1.14 bits per heavy atom. The molecule has 10 heteroatoms. The summed E-state index contributed by atoms with van der Waals surface area (Å²) in [7, 11) is -3.49. The molecular weight excluding hydrogens is 392 g/mol. The molecule has 0 aromatic carbocycles. The molecule has 156 valence electrons. The van der Waals surface area contributed by atoms with Crippen molar-refractivity contribution in [3.63, 3.8) is 0 Å². The summed E-state index contributed by atoms with van der Waals surface area (Å²) in [4.78, 5) is 16.7. The van der Waals surface area contributed by atoms with Crippen molar-refractivity contribution >= 4 is 26.7 Å². The summed E-state index contributed by atoms with van der Waals surface area (Å²) in [6.45, 7) is 7.37. The smallest absolute Gasteiger partial charge is 0.246 e. The van der Waals surface area contributed by atoms with Gasteiger partial charge in [-0.25, -0.2) is 28.4 Å². The van der Waals surface area contributed by atoms with Crippen LogP contribution in [-0.2, 0) is 27.7 Å². The molecule has 0 saturated carbocycles. The number of hydrogen-bond donors (Lipinski definition) is 1. The number of sulfone groups is 1. The molecule has 0 bridgehead atoms. The van der Waals surface area contributed by atoms with Gasteiger partial charge in [-0.05, 0) is 45.2 Å². The molecule has 0 aliphatic rings. The minimum absolute atomic E-state index is 0.00780. The molecule has 0 spiro atoms. The number of aromatic nitrogens is 5. The van der Waals surface area contributed by atoms with Crippen molar-refractivity contribution in [1.82, 2.24) is 24.5 Å². The molecule has 0 saturated heterocycles. The number of hydrogen-bond acceptors (Lipinski definition) is 8. The highest BCUT2D eigenvalue weighted by atomic mass is 32.2. The lowest BCUT2D eigenvalue weighted by atomic mass is 10.2. The van der Waals surface area contributed by atoms with Gasteiger partial charge >= 0.3 is 0 Å². The van der Waals surface area contributed by atoms with Gasteiger partial charge in [-0.2, -0.15) is 0 Å². The van der Waals surface area contributed by atoms with E-state index in [1.807, 2.05) is 20.8 Å². The van der Waals surface area contributed by atoms with Gasteiger partial charge in [0.25, 0.3) is 0 Å². The Hall–Kier alpha value is -2.59. The number of fused-ring (bicyclic) bond motifs is 1. The summed E-state index contributed by atoms with van der Waals surface area (Å²) >= 11 is 0. The molecule has 0 amide bonds. The third-order valence-electron chi connectivity index (χ3n) is 4.78. The van der Waals surface area contributed by atoms with Gasteiger partial charge < -0.3 is 15.0 Å². The molecule has 29 heavy (non-hydrogen) atoms. The van der Waals surface area contributed by atoms with E-state index in [2.05, 4.69) is 24.5 Å². The topological polar surface area (TPSA) is 126 Å². The zero-order valence-electron chi connectivity index (χ0n) is 16.9. The highest BCUT2D eigenvalue weighted by molar-refractivity contribution is 7.91. The zero-order valence-corrected chi connectivity index (χ0v) is 17.7. The lowest BCUT2D eigenvalue weighted by molar-refractivity contribution is 0.126. The van der Waals surface area contributed by atoms with Crippen molar-refractivity contribution in [2.45, 2.75) is 51.9 Å². The van der Waals surface area contributed by atoms with E-state index in [9.17, 15) is 8.42 Å². The Morgan fingerprint density at radius 3 is 2.55 bits per heavy atom. The lowest BCUT2D eigenvalue weighted by Gasteiger charge is -2.12. The van der Waals surface area contributed by atoms with Crippen LogP contribution in [0.25, 0.3) is 11.0 Å². The second kappa shape index (κ2) is 8.83. The molecule has 9 nitrogen and oxygen atoms in total. The van der Waals surface area contributed by atoms with E-state index in [1.165, 1.54) is 12.4 Å². The molecule has 2 N–H and O–H groups in total. The van der Waals surface area contributed by atoms with Crippen molar-refractivity contribution in [3.8, 4) is 0 Å². The van der Waals surface area contributed by atoms with Gasteiger partial charge in [-0.15, -0.1) is 0 Å². The van der Waals surface area contributed by atoms with Crippen LogP contribution in [0.3, 0.4) is 0 Å². The Morgan fingerprint density at radius 2 is 1.86 bits per heavy atom. The maximum atomic E-state index is 12.4. The first-order chi connectivity index (χ1) is 13.8. The highest BCUT2D eigenvalue weighted by Gasteiger charge is 2.19. The van der Waals surface area contributed by atoms with Gasteiger partial charge in [-0.1, -0.05) is 0 Å². The first-order valence-electron chi connectivity index (χ1n) is 9.54. The molecule has 0 radical (unpaired) electrons. The molecule has 0 aliphatic heterocycles. The van der Waals surface area contributed by atoms with Gasteiger partial charge in [0, 0.05) is 31.2 Å². The van der Waals surface area contributed by atoms with E-state index in [0.29, 0.717) is 43.9 Å². The van der Waals surface area contributed by atoms with E-state index in [-0.39, 0.29) is 10.9 Å². The van der Waals surface area contributed by atoms with Crippen LogP contribution in [0, 0.1) is 13.8 Å². The second-order valence-corrected chi connectivity index (χ2v) is 8.78. The molecule has 3 aromatic heterocycles. The van der Waals surface area contributed by atoms with Gasteiger partial charge in [-0.3, -0.25) is 0 Å². The highest BCUT2D eigenvalue weighted by Crippen LogP contribution is 2.27. The minimum atomic E-state index is -3.49. The largest absolute Gasteiger partial charge is 0.382 e. The number of unbranched alkanes of at least 4 members (excludes halogenated alkanes) is 1. The van der Waals surface area contributed by atoms with Crippen LogP contribution in [0.1, 0.15) is 36.8 Å². The molecule has 3 aromatic rings. The molecular formula is C19H26N6O3S. The van der Waals surface area contributed by atoms with Crippen molar-refractivity contribution < 1.29 is 13.2 Å². The normalized spacial score (nSPS) is 12.0. The van der Waals surface area contributed by atoms with E-state index < -0.39 is 9.84 Å². The van der Waals surface area contributed by atoms with Gasteiger partial charge in [0.05, 0.1) is 11.3 Å². The average Bonchev–Trinajstić information content (AvgIpc) is 3.07. The summed E-state index contributed by atoms with van der Waals surface area (Å²) in [6, 6.07) is 1.59. The van der Waals surface area contributed by atoms with Gasteiger partial charge in [0.1, 0.15) is 17.9 Å². The Kier molecular flexibility index (Phi) is 6.43. The van der Waals surface area contributed by atoms with Crippen LogP contribution in [0.2, 0.25) is 0 Å². The summed E-state index contributed by atoms with van der Waals surface area (Å²) in [5.74, 6) is 1.15. The third-order valence-corrected chi connectivity index (χ3v) is 6.37. The fraction of sp³-hybridized carbons (Fsp3) is 0.474. The summed E-state index contributed by atoms with van der Waals surface area (Å²) < 4.78 is 32.4. The van der Waals surface area contributed by atoms with Crippen LogP contribution in [-0.4, -0.2) is 45.3 Å². The average molecular weight is 419 g/mol. The summed E-state index contributed by atoms with van der Waals surface area (Å²) in [5, 5.41) is -0.129. The van der Waals surface area contributed by atoms with Crippen LogP contribution in [0.4, 0.5) is 5.82 Å². The number of nitrogens with two attached hydrogens (primary N) is 1. The quantitative estimate of drug-likeness (QED) is 0.414. The lowest BCUT2D eigenvalue weighted by Crippen LogP contribution is -2.12. The monoisotopic (exact) mass is 418 g/mol. The predicted octanol–water partition coefficient (Wildman–Crippen LogP) is 2.21. The summed E-state index contributed by atoms with van der Waals surface area (Å²) in [5.41, 5.74) is 9.54. The zero-order chi connectivity index (χ0) is 21.0. The molecule has 0 fully saturated rings. The van der Waals surface area contributed by atoms with Crippen molar-refractivity contribution in [1.29, 1.82) is 0 Å².